The van der Waals surface area contributed by atoms with Crippen molar-refractivity contribution in [1.82, 2.24) is 15.0 Å². The van der Waals surface area contributed by atoms with E-state index in [9.17, 15) is 13.2 Å². The molecule has 0 fully saturated rings. The summed E-state index contributed by atoms with van der Waals surface area (Å²) < 4.78 is 33.8. The lowest BCUT2D eigenvalue weighted by molar-refractivity contribution is 0.0950. The van der Waals surface area contributed by atoms with Crippen LogP contribution in [0.3, 0.4) is 0 Å². The highest BCUT2D eigenvalue weighted by molar-refractivity contribution is 7.89. The molecule has 0 aliphatic heterocycles. The lowest BCUT2D eigenvalue weighted by Crippen LogP contribution is -2.25. The monoisotopic (exact) mass is 487 g/mol. The Kier molecular flexibility index (Phi) is 7.87. The highest BCUT2D eigenvalue weighted by atomic mass is 32.2. The van der Waals surface area contributed by atoms with Crippen molar-refractivity contribution in [3.8, 4) is 5.75 Å². The molecule has 0 aliphatic carbocycles. The smallest absolute Gasteiger partial charge is 0.251 e. The average Bonchev–Trinajstić information content (AvgIpc) is 2.91. The van der Waals surface area contributed by atoms with Crippen LogP contribution in [-0.4, -0.2) is 19.3 Å². The molecular formula is C27H25N3O4S. The van der Waals surface area contributed by atoms with E-state index in [1.807, 2.05) is 72.8 Å². The number of carbonyl (C=O) groups excluding carboxylic acids is 1. The Morgan fingerprint density at radius 3 is 2.37 bits per heavy atom. The van der Waals surface area contributed by atoms with Crippen LogP contribution in [0.1, 0.15) is 27.2 Å². The second-order valence-electron chi connectivity index (χ2n) is 7.78. The predicted molar refractivity (Wildman–Crippen MR) is 133 cm³/mol. The Bertz CT molecular complexity index is 1380. The van der Waals surface area contributed by atoms with Gasteiger partial charge in [-0.2, -0.15) is 0 Å². The molecular weight excluding hydrogens is 462 g/mol. The minimum atomic E-state index is -3.77. The maximum Gasteiger partial charge on any atom is 0.251 e. The number of carbonyl (C=O) groups is 1. The molecule has 8 heteroatoms. The van der Waals surface area contributed by atoms with E-state index in [0.717, 1.165) is 16.8 Å². The van der Waals surface area contributed by atoms with Gasteiger partial charge in [-0.25, -0.2) is 13.1 Å². The van der Waals surface area contributed by atoms with Crippen molar-refractivity contribution in [1.29, 1.82) is 0 Å². The van der Waals surface area contributed by atoms with E-state index >= 15 is 0 Å². The molecule has 2 N–H and O–H groups in total. The van der Waals surface area contributed by atoms with Crippen LogP contribution in [0.25, 0.3) is 0 Å². The first-order valence-electron chi connectivity index (χ1n) is 11.0. The lowest BCUT2D eigenvalue weighted by Gasteiger charge is -2.10. The van der Waals surface area contributed by atoms with Crippen molar-refractivity contribution in [3.05, 3.63) is 126 Å². The number of sulfonamides is 1. The Labute approximate surface area is 204 Å². The first-order chi connectivity index (χ1) is 17.0. The van der Waals surface area contributed by atoms with Crippen LogP contribution in [-0.2, 0) is 29.7 Å². The Morgan fingerprint density at radius 2 is 1.57 bits per heavy atom. The minimum Gasteiger partial charge on any atom is -0.487 e. The van der Waals surface area contributed by atoms with Gasteiger partial charge in [0.05, 0.1) is 10.6 Å². The van der Waals surface area contributed by atoms with Crippen molar-refractivity contribution < 1.29 is 17.9 Å². The molecule has 0 spiro atoms. The van der Waals surface area contributed by atoms with Gasteiger partial charge in [0.1, 0.15) is 12.4 Å². The van der Waals surface area contributed by atoms with Crippen LogP contribution in [0, 0.1) is 0 Å². The average molecular weight is 488 g/mol. The number of amides is 1. The maximum absolute atomic E-state index is 12.7. The van der Waals surface area contributed by atoms with E-state index in [2.05, 4.69) is 15.0 Å². The summed E-state index contributed by atoms with van der Waals surface area (Å²) in [4.78, 5) is 17.0. The molecule has 0 saturated heterocycles. The quantitative estimate of drug-likeness (QED) is 0.352. The molecule has 35 heavy (non-hydrogen) atoms. The third-order valence-electron chi connectivity index (χ3n) is 5.18. The SMILES string of the molecule is O=C(NCc1cccc(OCc2ccccn2)c1)c1cccc(S(=O)(=O)NCc2ccccc2)c1. The van der Waals surface area contributed by atoms with Crippen LogP contribution in [0.2, 0.25) is 0 Å². The molecule has 4 rings (SSSR count). The molecule has 0 bridgehead atoms. The highest BCUT2D eigenvalue weighted by Gasteiger charge is 2.16. The minimum absolute atomic E-state index is 0.0333. The van der Waals surface area contributed by atoms with Crippen molar-refractivity contribution in [2.75, 3.05) is 0 Å². The molecule has 0 unspecified atom stereocenters. The fraction of sp³-hybridized carbons (Fsp3) is 0.111. The van der Waals surface area contributed by atoms with Crippen LogP contribution in [0.5, 0.6) is 5.75 Å². The predicted octanol–water partition coefficient (Wildman–Crippen LogP) is 4.07. The summed E-state index contributed by atoms with van der Waals surface area (Å²) in [6, 6.07) is 28.2. The summed E-state index contributed by atoms with van der Waals surface area (Å²) in [5, 5.41) is 2.83. The van der Waals surface area contributed by atoms with Crippen LogP contribution in [0.4, 0.5) is 0 Å². The molecule has 1 amide bonds. The molecule has 3 aromatic carbocycles. The summed E-state index contributed by atoms with van der Waals surface area (Å²) in [6.45, 7) is 0.775. The Hall–Kier alpha value is -4.01. The number of ether oxygens (including phenoxy) is 1. The third-order valence-corrected chi connectivity index (χ3v) is 6.58. The van der Waals surface area contributed by atoms with E-state index in [1.54, 1.807) is 18.3 Å². The van der Waals surface area contributed by atoms with E-state index < -0.39 is 10.0 Å². The number of hydrogen-bond donors (Lipinski definition) is 2. The summed E-state index contributed by atoms with van der Waals surface area (Å²) in [5.74, 6) is 0.296. The second kappa shape index (κ2) is 11.4. The number of pyridine rings is 1. The molecule has 1 heterocycles. The van der Waals surface area contributed by atoms with Gasteiger partial charge in [0.2, 0.25) is 10.0 Å². The van der Waals surface area contributed by atoms with Gasteiger partial charge in [0.15, 0.2) is 0 Å². The van der Waals surface area contributed by atoms with Crippen molar-refractivity contribution in [2.45, 2.75) is 24.6 Å². The summed E-state index contributed by atoms with van der Waals surface area (Å²) in [6.07, 6.45) is 1.71. The summed E-state index contributed by atoms with van der Waals surface area (Å²) in [7, 11) is -3.77. The van der Waals surface area contributed by atoms with Crippen molar-refractivity contribution in [2.24, 2.45) is 0 Å². The van der Waals surface area contributed by atoms with Gasteiger partial charge >= 0.3 is 0 Å². The molecule has 178 valence electrons. The largest absolute Gasteiger partial charge is 0.487 e. The highest BCUT2D eigenvalue weighted by Crippen LogP contribution is 2.16. The fourth-order valence-electron chi connectivity index (χ4n) is 3.33. The Morgan fingerprint density at radius 1 is 0.800 bits per heavy atom. The lowest BCUT2D eigenvalue weighted by atomic mass is 10.2. The molecule has 0 saturated carbocycles. The molecule has 0 atom stereocenters. The maximum atomic E-state index is 12.7. The van der Waals surface area contributed by atoms with Gasteiger partial charge in [0, 0.05) is 24.8 Å². The van der Waals surface area contributed by atoms with E-state index in [4.69, 9.17) is 4.74 Å². The molecule has 1 aromatic heterocycles. The van der Waals surface area contributed by atoms with Crippen molar-refractivity contribution in [3.63, 3.8) is 0 Å². The van der Waals surface area contributed by atoms with Crippen LogP contribution in [0.15, 0.2) is 108 Å². The van der Waals surface area contributed by atoms with E-state index in [0.29, 0.717) is 12.4 Å². The zero-order valence-electron chi connectivity index (χ0n) is 18.9. The normalized spacial score (nSPS) is 11.1. The number of benzene rings is 3. The van der Waals surface area contributed by atoms with Crippen LogP contribution >= 0.6 is 0 Å². The first kappa shape index (κ1) is 24.1. The summed E-state index contributed by atoms with van der Waals surface area (Å²) in [5.41, 5.74) is 2.77. The molecule has 0 radical (unpaired) electrons. The number of hydrogen-bond acceptors (Lipinski definition) is 5. The summed E-state index contributed by atoms with van der Waals surface area (Å²) >= 11 is 0. The van der Waals surface area contributed by atoms with Gasteiger partial charge in [-0.1, -0.05) is 54.6 Å². The fourth-order valence-corrected chi connectivity index (χ4v) is 4.40. The van der Waals surface area contributed by atoms with Crippen molar-refractivity contribution >= 4 is 15.9 Å². The van der Waals surface area contributed by atoms with Gasteiger partial charge in [-0.05, 0) is 53.6 Å². The third kappa shape index (κ3) is 6.99. The second-order valence-corrected chi connectivity index (χ2v) is 9.54. The van der Waals surface area contributed by atoms with E-state index in [-0.39, 0.29) is 29.5 Å². The molecule has 0 aliphatic rings. The molecule has 7 nitrogen and oxygen atoms in total. The number of nitrogens with one attached hydrogen (secondary N) is 2. The number of aromatic nitrogens is 1. The van der Waals surface area contributed by atoms with E-state index in [1.165, 1.54) is 12.1 Å². The van der Waals surface area contributed by atoms with Gasteiger partial charge < -0.3 is 10.1 Å². The van der Waals surface area contributed by atoms with Crippen LogP contribution < -0.4 is 14.8 Å². The van der Waals surface area contributed by atoms with Gasteiger partial charge in [-0.3, -0.25) is 9.78 Å². The standard InChI is InChI=1S/C27H25N3O4S/c31-27(29-18-22-10-6-13-25(16-22)34-20-24-12-4-5-15-28-24)23-11-7-14-26(17-23)35(32,33)30-19-21-8-2-1-3-9-21/h1-17,30H,18-20H2,(H,29,31). The van der Waals surface area contributed by atoms with Gasteiger partial charge in [-0.15, -0.1) is 0 Å². The topological polar surface area (TPSA) is 97.4 Å². The zero-order valence-corrected chi connectivity index (χ0v) is 19.7. The molecule has 4 aromatic rings. The number of nitrogens with zero attached hydrogens (tertiary/aromatic N) is 1. The first-order valence-corrected chi connectivity index (χ1v) is 12.5. The Balaban J connectivity index is 1.35. The van der Waals surface area contributed by atoms with Gasteiger partial charge in [0.25, 0.3) is 5.91 Å². The zero-order chi connectivity index (χ0) is 24.5. The number of rotatable bonds is 10.